The van der Waals surface area contributed by atoms with E-state index in [-0.39, 0.29) is 22.8 Å². The molecule has 3 rings (SSSR count). The Kier molecular flexibility index (Phi) is 6.77. The predicted octanol–water partition coefficient (Wildman–Crippen LogP) is 4.42. The molecule has 1 N–H and O–H groups in total. The Morgan fingerprint density at radius 1 is 1.03 bits per heavy atom. The zero-order chi connectivity index (χ0) is 21.7. The number of carbonyl (C=O) groups excluding carboxylic acids is 1. The molecule has 0 aliphatic heterocycles. The molecule has 0 unspecified atom stereocenters. The number of hydrogen-bond acceptors (Lipinski definition) is 4. The van der Waals surface area contributed by atoms with E-state index in [1.807, 2.05) is 30.3 Å². The lowest BCUT2D eigenvalue weighted by Crippen LogP contribution is -2.27. The van der Waals surface area contributed by atoms with Gasteiger partial charge >= 0.3 is 0 Å². The first-order chi connectivity index (χ1) is 14.3. The average molecular weight is 445 g/mol. The van der Waals surface area contributed by atoms with Crippen molar-refractivity contribution in [3.05, 3.63) is 88.9 Å². The summed E-state index contributed by atoms with van der Waals surface area (Å²) in [6.07, 6.45) is 0. The van der Waals surface area contributed by atoms with Crippen LogP contribution in [0.4, 0.5) is 5.69 Å². The monoisotopic (exact) mass is 444 g/mol. The molecule has 0 aromatic heterocycles. The molecule has 0 fully saturated rings. The van der Waals surface area contributed by atoms with Gasteiger partial charge in [-0.2, -0.15) is 4.31 Å². The van der Waals surface area contributed by atoms with Crippen molar-refractivity contribution >= 4 is 33.2 Å². The Labute approximate surface area is 181 Å². The number of hydrogen-bond donors (Lipinski definition) is 1. The van der Waals surface area contributed by atoms with Crippen LogP contribution in [0.3, 0.4) is 0 Å². The van der Waals surface area contributed by atoms with Crippen LogP contribution in [0.5, 0.6) is 5.75 Å². The number of benzene rings is 3. The Morgan fingerprint density at radius 2 is 1.70 bits per heavy atom. The highest BCUT2D eigenvalue weighted by atomic mass is 35.5. The number of carbonyl (C=O) groups is 1. The van der Waals surface area contributed by atoms with Gasteiger partial charge in [-0.15, -0.1) is 0 Å². The van der Waals surface area contributed by atoms with Crippen molar-refractivity contribution in [1.29, 1.82) is 0 Å². The second-order valence-corrected chi connectivity index (χ2v) is 9.02. The van der Waals surface area contributed by atoms with Gasteiger partial charge in [0.05, 0.1) is 7.11 Å². The van der Waals surface area contributed by atoms with E-state index < -0.39 is 15.9 Å². The summed E-state index contributed by atoms with van der Waals surface area (Å²) in [5, 5.41) is 3.27. The maximum absolute atomic E-state index is 13.2. The highest BCUT2D eigenvalue weighted by molar-refractivity contribution is 7.89. The van der Waals surface area contributed by atoms with Crippen molar-refractivity contribution in [2.45, 2.75) is 11.4 Å². The standard InChI is InChI=1S/C22H21ClN2O4S/c1-25(15-16-6-4-3-5-7-16)30(27,28)21-14-17(8-13-20(21)29-2)22(26)24-19-11-9-18(23)10-12-19/h3-14H,15H2,1-2H3,(H,24,26). The summed E-state index contributed by atoms with van der Waals surface area (Å²) in [6.45, 7) is 0.188. The molecule has 6 nitrogen and oxygen atoms in total. The quantitative estimate of drug-likeness (QED) is 0.585. The third kappa shape index (κ3) is 4.99. The van der Waals surface area contributed by atoms with Gasteiger partial charge in [0.25, 0.3) is 5.91 Å². The highest BCUT2D eigenvalue weighted by Gasteiger charge is 2.26. The fourth-order valence-corrected chi connectivity index (χ4v) is 4.31. The molecule has 0 aliphatic carbocycles. The summed E-state index contributed by atoms with van der Waals surface area (Å²) in [5.74, 6) is -0.278. The van der Waals surface area contributed by atoms with E-state index in [0.717, 1.165) is 5.56 Å². The molecule has 0 aliphatic rings. The van der Waals surface area contributed by atoms with Crippen molar-refractivity contribution in [1.82, 2.24) is 4.31 Å². The van der Waals surface area contributed by atoms with Gasteiger partial charge in [-0.1, -0.05) is 41.9 Å². The minimum Gasteiger partial charge on any atom is -0.495 e. The third-order valence-corrected chi connectivity index (χ3v) is 6.54. The summed E-state index contributed by atoms with van der Waals surface area (Å²) < 4.78 is 32.8. The summed E-state index contributed by atoms with van der Waals surface area (Å²) >= 11 is 5.86. The molecule has 0 heterocycles. The molecule has 3 aromatic carbocycles. The van der Waals surface area contributed by atoms with Crippen LogP contribution in [-0.2, 0) is 16.6 Å². The Morgan fingerprint density at radius 3 is 2.33 bits per heavy atom. The van der Waals surface area contributed by atoms with E-state index in [9.17, 15) is 13.2 Å². The normalized spacial score (nSPS) is 11.3. The predicted molar refractivity (Wildman–Crippen MR) is 117 cm³/mol. The fourth-order valence-electron chi connectivity index (χ4n) is 2.85. The van der Waals surface area contributed by atoms with E-state index in [1.165, 1.54) is 36.7 Å². The number of sulfonamides is 1. The number of nitrogens with zero attached hydrogens (tertiary/aromatic N) is 1. The van der Waals surface area contributed by atoms with E-state index in [4.69, 9.17) is 16.3 Å². The molecule has 0 atom stereocenters. The summed E-state index contributed by atoms with van der Waals surface area (Å²) in [4.78, 5) is 12.6. The lowest BCUT2D eigenvalue weighted by atomic mass is 10.2. The van der Waals surface area contributed by atoms with Gasteiger partial charge in [0.2, 0.25) is 10.0 Å². The largest absolute Gasteiger partial charge is 0.495 e. The lowest BCUT2D eigenvalue weighted by molar-refractivity contribution is 0.102. The summed E-state index contributed by atoms with van der Waals surface area (Å²) in [7, 11) is -1.03. The molecule has 3 aromatic rings. The maximum Gasteiger partial charge on any atom is 0.255 e. The van der Waals surface area contributed by atoms with Crippen LogP contribution in [0, 0.1) is 0 Å². The highest BCUT2D eigenvalue weighted by Crippen LogP contribution is 2.28. The molecular weight excluding hydrogens is 424 g/mol. The van der Waals surface area contributed by atoms with E-state index in [0.29, 0.717) is 10.7 Å². The van der Waals surface area contributed by atoms with Crippen LogP contribution in [0.15, 0.2) is 77.7 Å². The molecule has 156 valence electrons. The number of ether oxygens (including phenoxy) is 1. The molecule has 1 amide bonds. The van der Waals surface area contributed by atoms with Crippen molar-refractivity contribution in [2.75, 3.05) is 19.5 Å². The Hall–Kier alpha value is -2.87. The topological polar surface area (TPSA) is 75.7 Å². The van der Waals surface area contributed by atoms with Gasteiger partial charge in [-0.25, -0.2) is 8.42 Å². The lowest BCUT2D eigenvalue weighted by Gasteiger charge is -2.19. The molecular formula is C22H21ClN2O4S. The van der Waals surface area contributed by atoms with Gasteiger partial charge in [0.1, 0.15) is 10.6 Å². The molecule has 0 spiro atoms. The molecule has 0 bridgehead atoms. The summed E-state index contributed by atoms with van der Waals surface area (Å²) in [5.41, 5.74) is 1.59. The van der Waals surface area contributed by atoms with Gasteiger partial charge < -0.3 is 10.1 Å². The maximum atomic E-state index is 13.2. The number of halogens is 1. The van der Waals surface area contributed by atoms with E-state index in [2.05, 4.69) is 5.32 Å². The molecule has 8 heteroatoms. The first kappa shape index (κ1) is 21.8. The smallest absolute Gasteiger partial charge is 0.255 e. The van der Waals surface area contributed by atoms with Crippen molar-refractivity contribution < 1.29 is 17.9 Å². The first-order valence-corrected chi connectivity index (χ1v) is 10.9. The number of anilines is 1. The molecule has 30 heavy (non-hydrogen) atoms. The SMILES string of the molecule is COc1ccc(C(=O)Nc2ccc(Cl)cc2)cc1S(=O)(=O)N(C)Cc1ccccc1. The van der Waals surface area contributed by atoms with Gasteiger partial charge in [0.15, 0.2) is 0 Å². The van der Waals surface area contributed by atoms with E-state index >= 15 is 0 Å². The number of nitrogens with one attached hydrogen (secondary N) is 1. The van der Waals surface area contributed by atoms with E-state index in [1.54, 1.807) is 24.3 Å². The molecule has 0 saturated heterocycles. The van der Waals surface area contributed by atoms with Crippen molar-refractivity contribution in [2.24, 2.45) is 0 Å². The molecule has 0 saturated carbocycles. The Bertz CT molecular complexity index is 1130. The van der Waals surface area contributed by atoms with Gasteiger partial charge in [-0.3, -0.25) is 4.79 Å². The zero-order valence-electron chi connectivity index (χ0n) is 16.5. The second kappa shape index (κ2) is 9.30. The van der Waals surface area contributed by atoms with Crippen LogP contribution in [0.2, 0.25) is 5.02 Å². The molecule has 0 radical (unpaired) electrons. The van der Waals surface area contributed by atoms with Crippen LogP contribution in [0.25, 0.3) is 0 Å². The summed E-state index contributed by atoms with van der Waals surface area (Å²) in [6, 6.07) is 20.2. The van der Waals surface area contributed by atoms with Gasteiger partial charge in [-0.05, 0) is 48.0 Å². The fraction of sp³-hybridized carbons (Fsp3) is 0.136. The number of rotatable bonds is 7. The van der Waals surface area contributed by atoms with Crippen LogP contribution < -0.4 is 10.1 Å². The van der Waals surface area contributed by atoms with Crippen LogP contribution in [0.1, 0.15) is 15.9 Å². The van der Waals surface area contributed by atoms with Crippen molar-refractivity contribution in [3.63, 3.8) is 0 Å². The first-order valence-electron chi connectivity index (χ1n) is 9.06. The average Bonchev–Trinajstić information content (AvgIpc) is 2.75. The van der Waals surface area contributed by atoms with Gasteiger partial charge in [0, 0.05) is 29.9 Å². The minimum absolute atomic E-state index is 0.0767. The zero-order valence-corrected chi connectivity index (χ0v) is 18.1. The number of amides is 1. The van der Waals surface area contributed by atoms with Crippen LogP contribution >= 0.6 is 11.6 Å². The third-order valence-electron chi connectivity index (χ3n) is 4.46. The Balaban J connectivity index is 1.89. The van der Waals surface area contributed by atoms with Crippen molar-refractivity contribution in [3.8, 4) is 5.75 Å². The minimum atomic E-state index is -3.90. The van der Waals surface area contributed by atoms with Crippen LogP contribution in [-0.4, -0.2) is 32.8 Å². The second-order valence-electron chi connectivity index (χ2n) is 6.57. The number of methoxy groups -OCH3 is 1.